The predicted octanol–water partition coefficient (Wildman–Crippen LogP) is 4.26. The fourth-order valence-electron chi connectivity index (χ4n) is 2.14. The minimum Gasteiger partial charge on any atom is -0.385 e. The van der Waals surface area contributed by atoms with E-state index < -0.39 is 0 Å². The first-order chi connectivity index (χ1) is 10.1. The van der Waals surface area contributed by atoms with Crippen LogP contribution in [0.15, 0.2) is 29.6 Å². The number of non-ortho nitro benzene ring substituents is 1. The van der Waals surface area contributed by atoms with Crippen molar-refractivity contribution in [3.63, 3.8) is 0 Å². The maximum Gasteiger partial charge on any atom is 0.273 e. The SMILES string of the molecule is CCNc1cc(NCc2sccc2CC)cc([N+](=O)[O-])c1. The molecule has 0 unspecified atom stereocenters. The maximum absolute atomic E-state index is 11.0. The number of nitro benzene ring substituents is 1. The second-order valence-corrected chi connectivity index (χ2v) is 5.63. The molecule has 0 amide bonds. The van der Waals surface area contributed by atoms with Gasteiger partial charge in [0, 0.05) is 41.5 Å². The quantitative estimate of drug-likeness (QED) is 0.592. The first-order valence-corrected chi connectivity index (χ1v) is 7.84. The Balaban J connectivity index is 2.16. The molecule has 0 radical (unpaired) electrons. The fraction of sp³-hybridized carbons (Fsp3) is 0.333. The van der Waals surface area contributed by atoms with Gasteiger partial charge in [0.15, 0.2) is 0 Å². The molecule has 1 heterocycles. The average Bonchev–Trinajstić information content (AvgIpc) is 2.92. The monoisotopic (exact) mass is 305 g/mol. The third-order valence-corrected chi connectivity index (χ3v) is 4.14. The van der Waals surface area contributed by atoms with E-state index in [4.69, 9.17) is 0 Å². The highest BCUT2D eigenvalue weighted by Gasteiger charge is 2.10. The van der Waals surface area contributed by atoms with Gasteiger partial charge >= 0.3 is 0 Å². The third kappa shape index (κ3) is 3.95. The van der Waals surface area contributed by atoms with E-state index in [-0.39, 0.29) is 10.6 Å². The van der Waals surface area contributed by atoms with E-state index in [1.165, 1.54) is 10.4 Å². The molecule has 0 aliphatic carbocycles. The van der Waals surface area contributed by atoms with Gasteiger partial charge in [-0.25, -0.2) is 0 Å². The van der Waals surface area contributed by atoms with Crippen molar-refractivity contribution in [2.24, 2.45) is 0 Å². The van der Waals surface area contributed by atoms with E-state index >= 15 is 0 Å². The van der Waals surface area contributed by atoms with Gasteiger partial charge in [-0.3, -0.25) is 10.1 Å². The van der Waals surface area contributed by atoms with Crippen LogP contribution < -0.4 is 10.6 Å². The summed E-state index contributed by atoms with van der Waals surface area (Å²) in [6.07, 6.45) is 0.998. The molecule has 1 aromatic heterocycles. The number of nitro groups is 1. The molecular formula is C15H19N3O2S. The summed E-state index contributed by atoms with van der Waals surface area (Å²) in [5, 5.41) is 19.5. The summed E-state index contributed by atoms with van der Waals surface area (Å²) in [5.41, 5.74) is 2.94. The van der Waals surface area contributed by atoms with Crippen LogP contribution in [0, 0.1) is 10.1 Å². The Labute approximate surface area is 128 Å². The normalized spacial score (nSPS) is 10.4. The van der Waals surface area contributed by atoms with Crippen LogP contribution in [0.25, 0.3) is 0 Å². The van der Waals surface area contributed by atoms with Gasteiger partial charge in [0.1, 0.15) is 0 Å². The van der Waals surface area contributed by atoms with Gasteiger partial charge in [0.05, 0.1) is 4.92 Å². The summed E-state index contributed by atoms with van der Waals surface area (Å²) in [7, 11) is 0. The van der Waals surface area contributed by atoms with Crippen molar-refractivity contribution in [2.75, 3.05) is 17.2 Å². The minimum absolute atomic E-state index is 0.0952. The number of aryl methyl sites for hydroxylation is 1. The Morgan fingerprint density at radius 1 is 1.19 bits per heavy atom. The number of hydrogen-bond acceptors (Lipinski definition) is 5. The van der Waals surface area contributed by atoms with Crippen LogP contribution >= 0.6 is 11.3 Å². The fourth-order valence-corrected chi connectivity index (χ4v) is 3.06. The molecule has 21 heavy (non-hydrogen) atoms. The lowest BCUT2D eigenvalue weighted by Gasteiger charge is -2.10. The topological polar surface area (TPSA) is 67.2 Å². The summed E-state index contributed by atoms with van der Waals surface area (Å²) in [6, 6.07) is 7.15. The van der Waals surface area contributed by atoms with Crippen molar-refractivity contribution in [3.05, 3.63) is 50.2 Å². The number of thiophene rings is 1. The molecule has 2 aromatic rings. The molecule has 0 bridgehead atoms. The van der Waals surface area contributed by atoms with Crippen LogP contribution in [-0.2, 0) is 13.0 Å². The van der Waals surface area contributed by atoms with Crippen LogP contribution in [0.3, 0.4) is 0 Å². The maximum atomic E-state index is 11.0. The Kier molecular flexibility index (Phi) is 5.16. The molecule has 0 saturated carbocycles. The van der Waals surface area contributed by atoms with E-state index in [9.17, 15) is 10.1 Å². The van der Waals surface area contributed by atoms with Crippen LogP contribution in [0.4, 0.5) is 17.1 Å². The molecule has 0 saturated heterocycles. The Hall–Kier alpha value is -2.08. The van der Waals surface area contributed by atoms with E-state index in [2.05, 4.69) is 29.0 Å². The number of anilines is 2. The highest BCUT2D eigenvalue weighted by atomic mass is 32.1. The van der Waals surface area contributed by atoms with E-state index in [1.807, 2.05) is 13.0 Å². The zero-order valence-corrected chi connectivity index (χ0v) is 13.0. The molecular weight excluding hydrogens is 286 g/mol. The van der Waals surface area contributed by atoms with E-state index in [1.54, 1.807) is 23.5 Å². The highest BCUT2D eigenvalue weighted by molar-refractivity contribution is 7.10. The first kappa shape index (κ1) is 15.3. The van der Waals surface area contributed by atoms with Gasteiger partial charge in [-0.05, 0) is 36.4 Å². The third-order valence-electron chi connectivity index (χ3n) is 3.18. The van der Waals surface area contributed by atoms with Crippen molar-refractivity contribution in [1.82, 2.24) is 0 Å². The molecule has 5 nitrogen and oxygen atoms in total. The lowest BCUT2D eigenvalue weighted by Crippen LogP contribution is -2.03. The molecule has 0 atom stereocenters. The number of rotatable bonds is 7. The standard InChI is InChI=1S/C15H19N3O2S/c1-3-11-5-6-21-15(11)10-17-13-7-12(16-4-2)8-14(9-13)18(19)20/h5-9,16-17H,3-4,10H2,1-2H3. The predicted molar refractivity (Wildman–Crippen MR) is 88.3 cm³/mol. The molecule has 0 aliphatic heterocycles. The highest BCUT2D eigenvalue weighted by Crippen LogP contribution is 2.26. The van der Waals surface area contributed by atoms with Crippen molar-refractivity contribution in [3.8, 4) is 0 Å². The second-order valence-electron chi connectivity index (χ2n) is 4.63. The molecule has 6 heteroatoms. The van der Waals surface area contributed by atoms with Gasteiger partial charge < -0.3 is 10.6 Å². The van der Waals surface area contributed by atoms with Gasteiger partial charge in [-0.15, -0.1) is 11.3 Å². The molecule has 0 spiro atoms. The lowest BCUT2D eigenvalue weighted by molar-refractivity contribution is -0.384. The largest absolute Gasteiger partial charge is 0.385 e. The van der Waals surface area contributed by atoms with Crippen LogP contribution in [0.5, 0.6) is 0 Å². The Bertz CT molecular complexity index is 625. The van der Waals surface area contributed by atoms with Gasteiger partial charge in [0.25, 0.3) is 5.69 Å². The number of hydrogen-bond donors (Lipinski definition) is 2. The van der Waals surface area contributed by atoms with Gasteiger partial charge in [-0.2, -0.15) is 0 Å². The van der Waals surface area contributed by atoms with Gasteiger partial charge in [-0.1, -0.05) is 6.92 Å². The smallest absolute Gasteiger partial charge is 0.273 e. The molecule has 1 aromatic carbocycles. The molecule has 2 N–H and O–H groups in total. The summed E-state index contributed by atoms with van der Waals surface area (Å²) >= 11 is 1.71. The van der Waals surface area contributed by atoms with Crippen molar-refractivity contribution < 1.29 is 4.92 Å². The van der Waals surface area contributed by atoms with Crippen molar-refractivity contribution >= 4 is 28.4 Å². The first-order valence-electron chi connectivity index (χ1n) is 6.96. The summed E-state index contributed by atoms with van der Waals surface area (Å²) in [6.45, 7) is 5.51. The average molecular weight is 305 g/mol. The molecule has 2 rings (SSSR count). The molecule has 0 aliphatic rings. The van der Waals surface area contributed by atoms with Crippen molar-refractivity contribution in [2.45, 2.75) is 26.8 Å². The minimum atomic E-state index is -0.366. The van der Waals surface area contributed by atoms with Crippen LogP contribution in [-0.4, -0.2) is 11.5 Å². The number of benzene rings is 1. The molecule has 112 valence electrons. The zero-order valence-electron chi connectivity index (χ0n) is 12.2. The summed E-state index contributed by atoms with van der Waals surface area (Å²) < 4.78 is 0. The van der Waals surface area contributed by atoms with Gasteiger partial charge in [0.2, 0.25) is 0 Å². The second kappa shape index (κ2) is 7.08. The zero-order chi connectivity index (χ0) is 15.2. The van der Waals surface area contributed by atoms with Crippen LogP contribution in [0.2, 0.25) is 0 Å². The summed E-state index contributed by atoms with van der Waals surface area (Å²) in [4.78, 5) is 11.9. The Morgan fingerprint density at radius 3 is 2.52 bits per heavy atom. The number of nitrogens with zero attached hydrogens (tertiary/aromatic N) is 1. The van der Waals surface area contributed by atoms with Crippen molar-refractivity contribution in [1.29, 1.82) is 0 Å². The van der Waals surface area contributed by atoms with E-state index in [0.717, 1.165) is 24.3 Å². The summed E-state index contributed by atoms with van der Waals surface area (Å²) in [5.74, 6) is 0. The number of nitrogens with one attached hydrogen (secondary N) is 2. The van der Waals surface area contributed by atoms with E-state index in [0.29, 0.717) is 6.54 Å². The van der Waals surface area contributed by atoms with Crippen LogP contribution in [0.1, 0.15) is 24.3 Å². The molecule has 0 fully saturated rings. The Morgan fingerprint density at radius 2 is 1.90 bits per heavy atom. The lowest BCUT2D eigenvalue weighted by atomic mass is 10.2.